The van der Waals surface area contributed by atoms with Gasteiger partial charge < -0.3 is 9.64 Å². The van der Waals surface area contributed by atoms with Gasteiger partial charge in [0.15, 0.2) is 0 Å². The highest BCUT2D eigenvalue weighted by molar-refractivity contribution is 6.29. The molecule has 0 amide bonds. The number of carbonyl (C=O) groups excluding carboxylic acids is 1. The van der Waals surface area contributed by atoms with Crippen molar-refractivity contribution in [3.63, 3.8) is 0 Å². The van der Waals surface area contributed by atoms with E-state index in [1.165, 1.54) is 0 Å². The van der Waals surface area contributed by atoms with E-state index >= 15 is 0 Å². The van der Waals surface area contributed by atoms with Crippen molar-refractivity contribution in [3.8, 4) is 0 Å². The minimum atomic E-state index is -0.160. The van der Waals surface area contributed by atoms with Gasteiger partial charge in [-0.25, -0.2) is 4.98 Å². The first-order valence-electron chi connectivity index (χ1n) is 5.56. The molecule has 0 aliphatic rings. The number of carbonyl (C=O) groups is 1. The number of aromatic nitrogens is 1. The number of hydrogen-bond acceptors (Lipinski definition) is 4. The highest BCUT2D eigenvalue weighted by Gasteiger charge is 2.06. The Kier molecular flexibility index (Phi) is 5.94. The van der Waals surface area contributed by atoms with Gasteiger partial charge in [-0.15, -0.1) is 0 Å². The predicted molar refractivity (Wildman–Crippen MR) is 66.8 cm³/mol. The summed E-state index contributed by atoms with van der Waals surface area (Å²) < 4.78 is 4.86. The summed E-state index contributed by atoms with van der Waals surface area (Å²) in [4.78, 5) is 17.1. The second-order valence-electron chi connectivity index (χ2n) is 3.78. The zero-order valence-electron chi connectivity index (χ0n) is 10.1. The topological polar surface area (TPSA) is 42.4 Å². The smallest absolute Gasteiger partial charge is 0.307 e. The van der Waals surface area contributed by atoms with Gasteiger partial charge in [-0.2, -0.15) is 0 Å². The quantitative estimate of drug-likeness (QED) is 0.578. The molecule has 1 aromatic heterocycles. The van der Waals surface area contributed by atoms with Crippen LogP contribution in [0.15, 0.2) is 18.3 Å². The Morgan fingerprint density at radius 1 is 1.59 bits per heavy atom. The molecule has 0 spiro atoms. The molecule has 0 aromatic carbocycles. The van der Waals surface area contributed by atoms with Crippen LogP contribution in [0.1, 0.15) is 18.9 Å². The second kappa shape index (κ2) is 7.25. The Bertz CT molecular complexity index is 371. The van der Waals surface area contributed by atoms with Gasteiger partial charge in [-0.05, 0) is 31.7 Å². The molecule has 1 heterocycles. The van der Waals surface area contributed by atoms with Crippen LogP contribution in [0, 0.1) is 0 Å². The van der Waals surface area contributed by atoms with Crippen LogP contribution in [0.4, 0.5) is 0 Å². The molecular weight excluding hydrogens is 240 g/mol. The Hall–Kier alpha value is -1.13. The SMILES string of the molecule is CCOC(=O)CCN(C)Cc1ccnc(Cl)c1. The zero-order valence-corrected chi connectivity index (χ0v) is 10.9. The summed E-state index contributed by atoms with van der Waals surface area (Å²) in [6.45, 7) is 3.64. The molecule has 4 nitrogen and oxygen atoms in total. The lowest BCUT2D eigenvalue weighted by atomic mass is 10.2. The normalized spacial score (nSPS) is 10.6. The fourth-order valence-corrected chi connectivity index (χ4v) is 1.64. The van der Waals surface area contributed by atoms with Crippen molar-refractivity contribution in [1.82, 2.24) is 9.88 Å². The molecular formula is C12H17ClN2O2. The molecule has 0 fully saturated rings. The molecule has 0 unspecified atom stereocenters. The number of pyridine rings is 1. The number of rotatable bonds is 6. The molecule has 0 radical (unpaired) electrons. The van der Waals surface area contributed by atoms with E-state index < -0.39 is 0 Å². The van der Waals surface area contributed by atoms with E-state index in [2.05, 4.69) is 4.98 Å². The van der Waals surface area contributed by atoms with E-state index in [9.17, 15) is 4.79 Å². The van der Waals surface area contributed by atoms with E-state index in [-0.39, 0.29) is 5.97 Å². The van der Waals surface area contributed by atoms with Crippen LogP contribution in [-0.4, -0.2) is 36.1 Å². The van der Waals surface area contributed by atoms with Crippen molar-refractivity contribution in [2.45, 2.75) is 19.9 Å². The molecule has 0 saturated heterocycles. The van der Waals surface area contributed by atoms with E-state index in [4.69, 9.17) is 16.3 Å². The van der Waals surface area contributed by atoms with Crippen LogP contribution >= 0.6 is 11.6 Å². The molecule has 0 N–H and O–H groups in total. The molecule has 1 aromatic rings. The van der Waals surface area contributed by atoms with Crippen molar-refractivity contribution < 1.29 is 9.53 Å². The first-order chi connectivity index (χ1) is 8.11. The van der Waals surface area contributed by atoms with Gasteiger partial charge in [0.2, 0.25) is 0 Å². The van der Waals surface area contributed by atoms with Crippen LogP contribution in [-0.2, 0) is 16.1 Å². The second-order valence-corrected chi connectivity index (χ2v) is 4.17. The molecule has 5 heteroatoms. The van der Waals surface area contributed by atoms with Crippen LogP contribution in [0.2, 0.25) is 5.15 Å². The van der Waals surface area contributed by atoms with Crippen LogP contribution in [0.5, 0.6) is 0 Å². The van der Waals surface area contributed by atoms with Gasteiger partial charge in [-0.1, -0.05) is 11.6 Å². The third kappa shape index (κ3) is 5.65. The third-order valence-corrected chi connectivity index (χ3v) is 2.45. The molecule has 17 heavy (non-hydrogen) atoms. The van der Waals surface area contributed by atoms with Crippen LogP contribution < -0.4 is 0 Å². The molecule has 0 aliphatic heterocycles. The molecule has 0 aliphatic carbocycles. The average molecular weight is 257 g/mol. The Morgan fingerprint density at radius 2 is 2.35 bits per heavy atom. The lowest BCUT2D eigenvalue weighted by Crippen LogP contribution is -2.22. The summed E-state index contributed by atoms with van der Waals surface area (Å²) in [5.41, 5.74) is 1.08. The van der Waals surface area contributed by atoms with Gasteiger partial charge in [0.25, 0.3) is 0 Å². The number of ether oxygens (including phenoxy) is 1. The lowest BCUT2D eigenvalue weighted by molar-refractivity contribution is -0.143. The minimum Gasteiger partial charge on any atom is -0.466 e. The van der Waals surface area contributed by atoms with Gasteiger partial charge >= 0.3 is 5.97 Å². The Labute approximate surface area is 107 Å². The maximum Gasteiger partial charge on any atom is 0.307 e. The molecule has 0 saturated carbocycles. The van der Waals surface area contributed by atoms with E-state index in [1.807, 2.05) is 24.1 Å². The van der Waals surface area contributed by atoms with Crippen LogP contribution in [0.25, 0.3) is 0 Å². The molecule has 1 rings (SSSR count). The Balaban J connectivity index is 2.34. The zero-order chi connectivity index (χ0) is 12.7. The van der Waals surface area contributed by atoms with E-state index in [0.29, 0.717) is 24.7 Å². The number of hydrogen-bond donors (Lipinski definition) is 0. The Morgan fingerprint density at radius 3 is 3.00 bits per heavy atom. The standard InChI is InChI=1S/C12H17ClN2O2/c1-3-17-12(16)5-7-15(2)9-10-4-6-14-11(13)8-10/h4,6,8H,3,5,7,9H2,1-2H3. The first kappa shape index (κ1) is 13.9. The number of halogens is 1. The minimum absolute atomic E-state index is 0.160. The fourth-order valence-electron chi connectivity index (χ4n) is 1.45. The van der Waals surface area contributed by atoms with Gasteiger partial charge in [0, 0.05) is 19.3 Å². The van der Waals surface area contributed by atoms with Gasteiger partial charge in [0.1, 0.15) is 5.15 Å². The fraction of sp³-hybridized carbons (Fsp3) is 0.500. The summed E-state index contributed by atoms with van der Waals surface area (Å²) in [6, 6.07) is 3.73. The largest absolute Gasteiger partial charge is 0.466 e. The van der Waals surface area contributed by atoms with Crippen molar-refractivity contribution in [3.05, 3.63) is 29.0 Å². The summed E-state index contributed by atoms with van der Waals surface area (Å²) in [7, 11) is 1.95. The summed E-state index contributed by atoms with van der Waals surface area (Å²) in [5.74, 6) is -0.160. The van der Waals surface area contributed by atoms with Crippen molar-refractivity contribution >= 4 is 17.6 Å². The van der Waals surface area contributed by atoms with E-state index in [0.717, 1.165) is 12.1 Å². The summed E-state index contributed by atoms with van der Waals surface area (Å²) in [5, 5.41) is 0.487. The highest BCUT2D eigenvalue weighted by atomic mass is 35.5. The lowest BCUT2D eigenvalue weighted by Gasteiger charge is -2.15. The van der Waals surface area contributed by atoms with Crippen molar-refractivity contribution in [2.24, 2.45) is 0 Å². The monoisotopic (exact) mass is 256 g/mol. The highest BCUT2D eigenvalue weighted by Crippen LogP contribution is 2.09. The van der Waals surface area contributed by atoms with Gasteiger partial charge in [-0.3, -0.25) is 4.79 Å². The van der Waals surface area contributed by atoms with Crippen LogP contribution in [0.3, 0.4) is 0 Å². The maximum atomic E-state index is 11.2. The predicted octanol–water partition coefficient (Wildman–Crippen LogP) is 2.12. The maximum absolute atomic E-state index is 11.2. The summed E-state index contributed by atoms with van der Waals surface area (Å²) in [6.07, 6.45) is 2.08. The van der Waals surface area contributed by atoms with Crippen molar-refractivity contribution in [2.75, 3.05) is 20.2 Å². The van der Waals surface area contributed by atoms with E-state index in [1.54, 1.807) is 13.1 Å². The molecule has 0 atom stereocenters. The average Bonchev–Trinajstić information content (AvgIpc) is 2.27. The number of nitrogens with zero attached hydrogens (tertiary/aromatic N) is 2. The summed E-state index contributed by atoms with van der Waals surface area (Å²) >= 11 is 5.79. The third-order valence-electron chi connectivity index (χ3n) is 2.25. The molecule has 94 valence electrons. The molecule has 0 bridgehead atoms. The van der Waals surface area contributed by atoms with Gasteiger partial charge in [0.05, 0.1) is 13.0 Å². The van der Waals surface area contributed by atoms with Crippen molar-refractivity contribution in [1.29, 1.82) is 0 Å². The first-order valence-corrected chi connectivity index (χ1v) is 5.94. The number of esters is 1.